The van der Waals surface area contributed by atoms with Gasteiger partial charge in [0.1, 0.15) is 18.3 Å². The predicted octanol–water partition coefficient (Wildman–Crippen LogP) is 5.25. The lowest BCUT2D eigenvalue weighted by Crippen LogP contribution is -2.61. The van der Waals surface area contributed by atoms with Gasteiger partial charge >= 0.3 is 17.9 Å². The molecule has 0 amide bonds. The maximum absolute atomic E-state index is 12.5. The van der Waals surface area contributed by atoms with Crippen molar-refractivity contribution in [2.45, 2.75) is 117 Å². The number of carbonyl (C=O) groups excluding carboxylic acids is 3. The van der Waals surface area contributed by atoms with E-state index in [1.807, 2.05) is 0 Å². The number of hydrogen-bond acceptors (Lipinski definition) is 7. The number of ether oxygens (including phenoxy) is 3. The Bertz CT molecular complexity index is 1010. The molecular formula is C33H51NO6. The highest BCUT2D eigenvalue weighted by atomic mass is 16.6. The van der Waals surface area contributed by atoms with Crippen LogP contribution in [0.2, 0.25) is 0 Å². The number of carbonyl (C=O) groups is 3. The van der Waals surface area contributed by atoms with Crippen LogP contribution in [-0.4, -0.2) is 60.3 Å². The molecular weight excluding hydrogens is 506 g/mol. The number of hydrogen-bond donors (Lipinski definition) is 0. The number of fused-ring (bicyclic) bond motifs is 8. The molecule has 2 aliphatic heterocycles. The number of nitrogens with zero attached hydrogens (tertiary/aromatic N) is 1. The summed E-state index contributed by atoms with van der Waals surface area (Å²) in [5.41, 5.74) is 0.00967. The molecule has 4 aliphatic carbocycles. The van der Waals surface area contributed by atoms with Crippen molar-refractivity contribution < 1.29 is 28.6 Å². The van der Waals surface area contributed by atoms with Crippen LogP contribution in [0.5, 0.6) is 0 Å². The SMILES string of the molecule is CC(=O)OC1CCC2(C)C(C1)C(OC(C)=O)CC1C3C(OC(C)=O)CC4C(C)C5CCC(C)CN5CC4C3CC12. The van der Waals surface area contributed by atoms with E-state index in [4.69, 9.17) is 14.2 Å². The van der Waals surface area contributed by atoms with Crippen molar-refractivity contribution in [1.82, 2.24) is 4.90 Å². The van der Waals surface area contributed by atoms with E-state index in [9.17, 15) is 14.4 Å². The van der Waals surface area contributed by atoms with Crippen LogP contribution in [0.25, 0.3) is 0 Å². The molecule has 7 nitrogen and oxygen atoms in total. The van der Waals surface area contributed by atoms with Crippen LogP contribution in [-0.2, 0) is 28.6 Å². The molecule has 6 rings (SSSR count). The molecule has 7 heteroatoms. The van der Waals surface area contributed by atoms with Gasteiger partial charge in [-0.25, -0.2) is 0 Å². The first-order chi connectivity index (χ1) is 19.0. The van der Waals surface area contributed by atoms with Gasteiger partial charge in [-0.1, -0.05) is 20.8 Å². The number of esters is 3. The molecule has 0 radical (unpaired) electrons. The van der Waals surface area contributed by atoms with Crippen molar-refractivity contribution in [2.75, 3.05) is 13.1 Å². The molecule has 14 unspecified atom stereocenters. The smallest absolute Gasteiger partial charge is 0.302 e. The van der Waals surface area contributed by atoms with Crippen LogP contribution < -0.4 is 0 Å². The van der Waals surface area contributed by atoms with E-state index in [0.29, 0.717) is 47.5 Å². The molecule has 224 valence electrons. The van der Waals surface area contributed by atoms with E-state index in [-0.39, 0.29) is 47.6 Å². The van der Waals surface area contributed by atoms with Crippen molar-refractivity contribution in [3.63, 3.8) is 0 Å². The fourth-order valence-corrected chi connectivity index (χ4v) is 11.5. The minimum Gasteiger partial charge on any atom is -0.463 e. The van der Waals surface area contributed by atoms with Gasteiger partial charge in [-0.3, -0.25) is 19.3 Å². The average molecular weight is 558 g/mol. The highest BCUT2D eigenvalue weighted by Gasteiger charge is 2.66. The monoisotopic (exact) mass is 557 g/mol. The Morgan fingerprint density at radius 3 is 2.08 bits per heavy atom. The summed E-state index contributed by atoms with van der Waals surface area (Å²) in [6, 6.07) is 0.655. The second-order valence-corrected chi connectivity index (χ2v) is 15.0. The molecule has 0 aromatic rings. The first-order valence-electron chi connectivity index (χ1n) is 16.2. The standard InChI is InChI=1S/C33H51NO6/c1-17-7-8-29-18(2)23-13-31(40-21(5)37)32-24(26(23)16-34(29)15-17)12-27-25(32)14-30(39-20(4)36)28-11-22(38-19(3)35)9-10-33(27,28)6/h17-18,22-32H,7-16H2,1-6H3. The molecule has 14 atom stereocenters. The summed E-state index contributed by atoms with van der Waals surface area (Å²) < 4.78 is 18.0. The third kappa shape index (κ3) is 4.80. The van der Waals surface area contributed by atoms with Gasteiger partial charge in [0.05, 0.1) is 0 Å². The fourth-order valence-electron chi connectivity index (χ4n) is 11.5. The Morgan fingerprint density at radius 1 is 0.700 bits per heavy atom. The summed E-state index contributed by atoms with van der Waals surface area (Å²) in [4.78, 5) is 39.4. The highest BCUT2D eigenvalue weighted by Crippen LogP contribution is 2.67. The molecule has 40 heavy (non-hydrogen) atoms. The van der Waals surface area contributed by atoms with Gasteiger partial charge in [-0.2, -0.15) is 0 Å². The van der Waals surface area contributed by atoms with Crippen LogP contribution >= 0.6 is 0 Å². The number of rotatable bonds is 3. The Morgan fingerprint density at radius 2 is 1.38 bits per heavy atom. The topological polar surface area (TPSA) is 82.1 Å². The van der Waals surface area contributed by atoms with Crippen molar-refractivity contribution in [3.05, 3.63) is 0 Å². The molecule has 0 spiro atoms. The van der Waals surface area contributed by atoms with E-state index in [1.165, 1.54) is 46.2 Å². The normalized spacial score (nSPS) is 49.8. The summed E-state index contributed by atoms with van der Waals surface area (Å²) in [7, 11) is 0. The van der Waals surface area contributed by atoms with Crippen molar-refractivity contribution in [2.24, 2.45) is 58.7 Å². The van der Waals surface area contributed by atoms with Gasteiger partial charge in [0.25, 0.3) is 0 Å². The Balaban J connectivity index is 1.34. The predicted molar refractivity (Wildman–Crippen MR) is 150 cm³/mol. The zero-order valence-corrected chi connectivity index (χ0v) is 25.5. The van der Waals surface area contributed by atoms with Gasteiger partial charge in [0.2, 0.25) is 0 Å². The quantitative estimate of drug-likeness (QED) is 0.346. The average Bonchev–Trinajstić information content (AvgIpc) is 3.25. The van der Waals surface area contributed by atoms with E-state index in [0.717, 1.165) is 38.0 Å². The van der Waals surface area contributed by atoms with E-state index in [2.05, 4.69) is 25.7 Å². The van der Waals surface area contributed by atoms with Crippen LogP contribution in [0.1, 0.15) is 92.9 Å². The van der Waals surface area contributed by atoms with Crippen LogP contribution in [0, 0.1) is 58.7 Å². The second-order valence-electron chi connectivity index (χ2n) is 15.0. The highest BCUT2D eigenvalue weighted by molar-refractivity contribution is 5.67. The zero-order chi connectivity index (χ0) is 28.5. The largest absolute Gasteiger partial charge is 0.463 e. The molecule has 2 heterocycles. The molecule has 0 N–H and O–H groups in total. The Labute approximate surface area is 240 Å². The van der Waals surface area contributed by atoms with Gasteiger partial charge in [-0.05, 0) is 98.2 Å². The number of piperidine rings is 2. The molecule has 4 saturated carbocycles. The van der Waals surface area contributed by atoms with E-state index >= 15 is 0 Å². The Hall–Kier alpha value is -1.63. The van der Waals surface area contributed by atoms with Crippen LogP contribution in [0.15, 0.2) is 0 Å². The lowest BCUT2D eigenvalue weighted by molar-refractivity contribution is -0.185. The molecule has 6 aliphatic rings. The minimum atomic E-state index is -0.235. The molecule has 0 bridgehead atoms. The van der Waals surface area contributed by atoms with Crippen molar-refractivity contribution in [3.8, 4) is 0 Å². The zero-order valence-electron chi connectivity index (χ0n) is 25.5. The third-order valence-electron chi connectivity index (χ3n) is 12.9. The van der Waals surface area contributed by atoms with E-state index < -0.39 is 0 Å². The first-order valence-corrected chi connectivity index (χ1v) is 16.2. The van der Waals surface area contributed by atoms with Crippen LogP contribution in [0.4, 0.5) is 0 Å². The third-order valence-corrected chi connectivity index (χ3v) is 12.9. The van der Waals surface area contributed by atoms with Gasteiger partial charge in [-0.15, -0.1) is 0 Å². The summed E-state index contributed by atoms with van der Waals surface area (Å²) in [6.45, 7) is 14.3. The van der Waals surface area contributed by atoms with Crippen molar-refractivity contribution >= 4 is 17.9 Å². The second kappa shape index (κ2) is 10.6. The van der Waals surface area contributed by atoms with E-state index in [1.54, 1.807) is 6.92 Å². The molecule has 2 saturated heterocycles. The van der Waals surface area contributed by atoms with Crippen molar-refractivity contribution in [1.29, 1.82) is 0 Å². The van der Waals surface area contributed by atoms with Gasteiger partial charge in [0.15, 0.2) is 0 Å². The van der Waals surface area contributed by atoms with Crippen LogP contribution in [0.3, 0.4) is 0 Å². The summed E-state index contributed by atoms with van der Waals surface area (Å²) in [5, 5.41) is 0. The molecule has 0 aromatic heterocycles. The van der Waals surface area contributed by atoms with Gasteiger partial charge in [0, 0.05) is 51.7 Å². The Kier molecular flexibility index (Phi) is 7.53. The summed E-state index contributed by atoms with van der Waals surface area (Å²) >= 11 is 0. The first kappa shape index (κ1) is 28.5. The summed E-state index contributed by atoms with van der Waals surface area (Å²) in [6.07, 6.45) is 7.83. The fraction of sp³-hybridized carbons (Fsp3) is 0.909. The molecule has 6 fully saturated rings. The van der Waals surface area contributed by atoms with Gasteiger partial charge < -0.3 is 14.2 Å². The summed E-state index contributed by atoms with van der Waals surface area (Å²) in [5.74, 6) is 3.87. The lowest BCUT2D eigenvalue weighted by Gasteiger charge is -2.58. The lowest BCUT2D eigenvalue weighted by atomic mass is 9.51. The maximum atomic E-state index is 12.5. The minimum absolute atomic E-state index is 0.00967. The molecule has 0 aromatic carbocycles. The maximum Gasteiger partial charge on any atom is 0.302 e.